The van der Waals surface area contributed by atoms with Gasteiger partial charge in [0.25, 0.3) is 0 Å². The first-order chi connectivity index (χ1) is 14.9. The van der Waals surface area contributed by atoms with E-state index in [1.54, 1.807) is 0 Å². The van der Waals surface area contributed by atoms with Crippen molar-refractivity contribution in [3.05, 3.63) is 94.7 Å². The quantitative estimate of drug-likeness (QED) is 0.385. The maximum Gasteiger partial charge on any atom is 0.133 e. The third kappa shape index (κ3) is 4.80. The fraction of sp³-hybridized carbons (Fsp3) is 0.160. The van der Waals surface area contributed by atoms with Gasteiger partial charge in [0.05, 0.1) is 6.04 Å². The molecule has 1 atom stereocenters. The van der Waals surface area contributed by atoms with E-state index in [0.717, 1.165) is 39.3 Å². The first-order valence-electron chi connectivity index (χ1n) is 10.3. The molecule has 2 bridgehead atoms. The van der Waals surface area contributed by atoms with Crippen molar-refractivity contribution in [2.45, 2.75) is 26.8 Å². The summed E-state index contributed by atoms with van der Waals surface area (Å²) >= 11 is 0. The second-order valence-electron chi connectivity index (χ2n) is 7.11. The van der Waals surface area contributed by atoms with Gasteiger partial charge in [-0.05, 0) is 60.1 Å². The highest BCUT2D eigenvalue weighted by Crippen LogP contribution is 2.26. The van der Waals surface area contributed by atoms with E-state index in [2.05, 4.69) is 17.4 Å². The maximum atomic E-state index is 7.68. The Balaban J connectivity index is 0.00000132. The van der Waals surface area contributed by atoms with Crippen LogP contribution in [0.4, 0.5) is 0 Å². The third-order valence-electron chi connectivity index (χ3n) is 4.98. The first kappa shape index (κ1) is 21.8. The number of nitrogens with zero attached hydrogens (tertiary/aromatic N) is 1. The Kier molecular flexibility index (Phi) is 6.50. The lowest BCUT2D eigenvalue weighted by Crippen LogP contribution is -2.29. The van der Waals surface area contributed by atoms with Gasteiger partial charge in [-0.25, -0.2) is 0 Å². The summed E-state index contributed by atoms with van der Waals surface area (Å²) < 4.78 is 0. The summed E-state index contributed by atoms with van der Waals surface area (Å²) in [5, 5.41) is 18.6. The van der Waals surface area contributed by atoms with Crippen LogP contribution in [-0.2, 0) is 0 Å². The molecule has 1 aliphatic carbocycles. The molecule has 2 aliphatic rings. The number of aliphatic imine (C=N–C) groups is 1. The zero-order chi connectivity index (χ0) is 22.5. The molecular weight excluding hydrogens is 384 g/mol. The van der Waals surface area contributed by atoms with Crippen molar-refractivity contribution >= 4 is 17.5 Å². The van der Waals surface area contributed by atoms with Crippen LogP contribution < -0.4 is 16.8 Å². The smallest absolute Gasteiger partial charge is 0.133 e. The lowest BCUT2D eigenvalue weighted by molar-refractivity contribution is 0.941. The highest BCUT2D eigenvalue weighted by atomic mass is 15.0. The number of allylic oxidation sites excluding steroid dienone is 1. The molecule has 0 saturated heterocycles. The molecule has 6 nitrogen and oxygen atoms in total. The van der Waals surface area contributed by atoms with Crippen LogP contribution >= 0.6 is 0 Å². The number of rotatable bonds is 4. The van der Waals surface area contributed by atoms with Crippen molar-refractivity contribution in [2.75, 3.05) is 0 Å². The second-order valence-corrected chi connectivity index (χ2v) is 7.11. The average molecular weight is 413 g/mol. The SMILES string of the molecule is CC.Cc1cc(C(=N)N)ccc1-c1cccc(C2=NC3C=C(C=CC(C(=N)N)=C3)N2)c1. The van der Waals surface area contributed by atoms with Crippen LogP contribution in [0.15, 0.2) is 83.0 Å². The van der Waals surface area contributed by atoms with Crippen molar-refractivity contribution in [2.24, 2.45) is 16.5 Å². The number of nitrogens with two attached hydrogens (primary N) is 2. The predicted octanol–water partition coefficient (Wildman–Crippen LogP) is 4.01. The standard InChI is InChI=1S/C23H22N6.C2H6/c1-13-9-15(21(24)25)6-8-20(13)14-3-2-4-17(10-14)23-28-18-7-5-16(22(26)27)11-19(12-18)29-23;1-2/h2-12,19H,1H3,(H3,24,25)(H3,26,27)(H,28,29);1-2H3. The van der Waals surface area contributed by atoms with Crippen LogP contribution in [0, 0.1) is 17.7 Å². The summed E-state index contributed by atoms with van der Waals surface area (Å²) in [5.41, 5.74) is 17.7. The van der Waals surface area contributed by atoms with Crippen LogP contribution in [-0.4, -0.2) is 23.5 Å². The Morgan fingerprint density at radius 2 is 1.68 bits per heavy atom. The minimum absolute atomic E-state index is 0.0334. The normalized spacial score (nSPS) is 16.5. The summed E-state index contributed by atoms with van der Waals surface area (Å²) in [6.07, 6.45) is 7.64. The van der Waals surface area contributed by atoms with Crippen molar-refractivity contribution < 1.29 is 0 Å². The zero-order valence-corrected chi connectivity index (χ0v) is 18.0. The number of aryl methyl sites for hydroxylation is 1. The Morgan fingerprint density at radius 3 is 2.35 bits per heavy atom. The van der Waals surface area contributed by atoms with Crippen LogP contribution in [0.3, 0.4) is 0 Å². The van der Waals surface area contributed by atoms with E-state index in [0.29, 0.717) is 5.57 Å². The molecule has 6 heteroatoms. The van der Waals surface area contributed by atoms with Gasteiger partial charge in [-0.3, -0.25) is 15.8 Å². The molecular formula is C25H28N6. The van der Waals surface area contributed by atoms with Gasteiger partial charge in [0.1, 0.15) is 17.5 Å². The van der Waals surface area contributed by atoms with Gasteiger partial charge in [0.15, 0.2) is 0 Å². The van der Waals surface area contributed by atoms with Crippen LogP contribution in [0.5, 0.6) is 0 Å². The molecule has 0 radical (unpaired) electrons. The summed E-state index contributed by atoms with van der Waals surface area (Å²) in [5.74, 6) is 0.875. The highest BCUT2D eigenvalue weighted by Gasteiger charge is 2.18. The summed E-state index contributed by atoms with van der Waals surface area (Å²) in [6.45, 7) is 6.02. The third-order valence-corrected chi connectivity index (χ3v) is 4.98. The van der Waals surface area contributed by atoms with Gasteiger partial charge in [-0.15, -0.1) is 0 Å². The Labute approximate surface area is 183 Å². The van der Waals surface area contributed by atoms with E-state index in [1.807, 2.05) is 75.4 Å². The molecule has 2 aromatic carbocycles. The molecule has 0 fully saturated rings. The maximum absolute atomic E-state index is 7.68. The summed E-state index contributed by atoms with van der Waals surface area (Å²) in [6, 6.07) is 13.8. The molecule has 2 aromatic rings. The van der Waals surface area contributed by atoms with E-state index < -0.39 is 0 Å². The van der Waals surface area contributed by atoms with E-state index in [9.17, 15) is 0 Å². The molecule has 7 N–H and O–H groups in total. The number of nitrogens with one attached hydrogen (secondary N) is 3. The minimum atomic E-state index is -0.171. The highest BCUT2D eigenvalue weighted by molar-refractivity contribution is 6.03. The van der Waals surface area contributed by atoms with Crippen molar-refractivity contribution in [1.29, 1.82) is 10.8 Å². The lowest BCUT2D eigenvalue weighted by atomic mass is 9.96. The molecule has 0 spiro atoms. The number of hydrogen-bond donors (Lipinski definition) is 5. The number of hydrogen-bond acceptors (Lipinski definition) is 4. The van der Waals surface area contributed by atoms with Crippen molar-refractivity contribution in [3.63, 3.8) is 0 Å². The molecule has 1 heterocycles. The van der Waals surface area contributed by atoms with Gasteiger partial charge in [0, 0.05) is 22.4 Å². The second kappa shape index (κ2) is 9.26. The number of fused-ring (bicyclic) bond motifs is 1. The lowest BCUT2D eigenvalue weighted by Gasteiger charge is -2.19. The fourth-order valence-corrected chi connectivity index (χ4v) is 3.50. The van der Waals surface area contributed by atoms with Gasteiger partial charge in [-0.1, -0.05) is 44.2 Å². The van der Waals surface area contributed by atoms with E-state index in [1.165, 1.54) is 0 Å². The van der Waals surface area contributed by atoms with E-state index in [-0.39, 0.29) is 17.7 Å². The number of nitrogen functional groups attached to an aromatic ring is 1. The van der Waals surface area contributed by atoms with Gasteiger partial charge < -0.3 is 16.8 Å². The summed E-state index contributed by atoms with van der Waals surface area (Å²) in [4.78, 5) is 4.78. The van der Waals surface area contributed by atoms with Crippen LogP contribution in [0.1, 0.15) is 30.5 Å². The molecule has 1 unspecified atom stereocenters. The Morgan fingerprint density at radius 1 is 0.935 bits per heavy atom. The summed E-state index contributed by atoms with van der Waals surface area (Å²) in [7, 11) is 0. The monoisotopic (exact) mass is 412 g/mol. The van der Waals surface area contributed by atoms with Crippen LogP contribution in [0.25, 0.3) is 11.1 Å². The molecule has 0 saturated carbocycles. The number of benzene rings is 2. The number of amidine groups is 3. The predicted molar refractivity (Wildman–Crippen MR) is 130 cm³/mol. The van der Waals surface area contributed by atoms with E-state index in [4.69, 9.17) is 27.3 Å². The van der Waals surface area contributed by atoms with Crippen molar-refractivity contribution in [1.82, 2.24) is 5.32 Å². The molecule has 0 amide bonds. The molecule has 158 valence electrons. The van der Waals surface area contributed by atoms with Gasteiger partial charge >= 0.3 is 0 Å². The molecule has 0 aromatic heterocycles. The average Bonchev–Trinajstić information content (AvgIpc) is 2.92. The Bertz CT molecular complexity index is 1150. The minimum Gasteiger partial charge on any atom is -0.384 e. The fourth-order valence-electron chi connectivity index (χ4n) is 3.50. The van der Waals surface area contributed by atoms with Crippen molar-refractivity contribution in [3.8, 4) is 11.1 Å². The van der Waals surface area contributed by atoms with Crippen LogP contribution in [0.2, 0.25) is 0 Å². The first-order valence-corrected chi connectivity index (χ1v) is 10.3. The van der Waals surface area contributed by atoms with Gasteiger partial charge in [-0.2, -0.15) is 0 Å². The van der Waals surface area contributed by atoms with Gasteiger partial charge in [0.2, 0.25) is 0 Å². The topological polar surface area (TPSA) is 124 Å². The molecule has 4 rings (SSSR count). The largest absolute Gasteiger partial charge is 0.384 e. The molecule has 31 heavy (non-hydrogen) atoms. The zero-order valence-electron chi connectivity index (χ0n) is 18.0. The Hall–Kier alpha value is -3.93. The molecule has 1 aliphatic heterocycles. The van der Waals surface area contributed by atoms with E-state index >= 15 is 0 Å².